The van der Waals surface area contributed by atoms with E-state index in [-0.39, 0.29) is 11.9 Å². The van der Waals surface area contributed by atoms with Crippen LogP contribution < -0.4 is 10.6 Å². The second-order valence-electron chi connectivity index (χ2n) is 8.32. The number of aromatic nitrogens is 4. The maximum atomic E-state index is 11.9. The number of carbonyl (C=O) groups excluding carboxylic acids is 1. The Labute approximate surface area is 177 Å². The lowest BCUT2D eigenvalue weighted by molar-refractivity contribution is -0.127. The summed E-state index contributed by atoms with van der Waals surface area (Å²) in [6.07, 6.45) is 15.2. The molecule has 1 aliphatic heterocycles. The average molecular weight is 410 g/mol. The highest BCUT2D eigenvalue weighted by Crippen LogP contribution is 2.25. The van der Waals surface area contributed by atoms with Crippen LogP contribution in [0.3, 0.4) is 0 Å². The van der Waals surface area contributed by atoms with E-state index in [1.807, 2.05) is 28.9 Å². The summed E-state index contributed by atoms with van der Waals surface area (Å²) in [5, 5.41) is 11.4. The van der Waals surface area contributed by atoms with E-state index in [4.69, 9.17) is 4.98 Å². The summed E-state index contributed by atoms with van der Waals surface area (Å²) in [6.45, 7) is 7.06. The average Bonchev–Trinajstić information content (AvgIpc) is 3.25. The summed E-state index contributed by atoms with van der Waals surface area (Å²) < 4.78 is 1.93. The smallest absolute Gasteiger partial charge is 0.246 e. The lowest BCUT2D eigenvalue weighted by Gasteiger charge is -2.32. The van der Waals surface area contributed by atoms with Gasteiger partial charge in [-0.1, -0.05) is 25.8 Å². The number of hydrogen-bond acceptors (Lipinski definition) is 6. The van der Waals surface area contributed by atoms with Crippen molar-refractivity contribution in [3.63, 3.8) is 0 Å². The van der Waals surface area contributed by atoms with Crippen LogP contribution in [-0.2, 0) is 4.79 Å². The molecule has 30 heavy (non-hydrogen) atoms. The Kier molecular flexibility index (Phi) is 6.30. The van der Waals surface area contributed by atoms with Crippen molar-refractivity contribution in [1.82, 2.24) is 24.6 Å². The van der Waals surface area contributed by atoms with Crippen LogP contribution in [0.2, 0.25) is 0 Å². The van der Waals surface area contributed by atoms with Gasteiger partial charge >= 0.3 is 0 Å². The second-order valence-corrected chi connectivity index (χ2v) is 8.32. The summed E-state index contributed by atoms with van der Waals surface area (Å²) in [5.41, 5.74) is 1.89. The fourth-order valence-electron chi connectivity index (χ4n) is 4.32. The van der Waals surface area contributed by atoms with E-state index in [2.05, 4.69) is 27.3 Å². The maximum Gasteiger partial charge on any atom is 0.246 e. The Bertz CT molecular complexity index is 887. The molecule has 1 aliphatic carbocycles. The maximum absolute atomic E-state index is 11.9. The van der Waals surface area contributed by atoms with Gasteiger partial charge < -0.3 is 15.5 Å². The molecule has 0 aromatic carbocycles. The third kappa shape index (κ3) is 4.80. The fourth-order valence-corrected chi connectivity index (χ4v) is 4.32. The van der Waals surface area contributed by atoms with Gasteiger partial charge in [0.15, 0.2) is 0 Å². The zero-order chi connectivity index (χ0) is 20.9. The normalized spacial score (nSPS) is 20.0. The van der Waals surface area contributed by atoms with E-state index in [0.717, 1.165) is 36.5 Å². The van der Waals surface area contributed by atoms with Gasteiger partial charge in [0.1, 0.15) is 5.82 Å². The highest BCUT2D eigenvalue weighted by atomic mass is 16.2. The third-order valence-corrected chi connectivity index (χ3v) is 6.03. The predicted octanol–water partition coefficient (Wildman–Crippen LogP) is 3.82. The molecule has 3 heterocycles. The van der Waals surface area contributed by atoms with Crippen molar-refractivity contribution in [2.24, 2.45) is 0 Å². The molecule has 2 fully saturated rings. The molecule has 2 aliphatic rings. The lowest BCUT2D eigenvalue weighted by Crippen LogP contribution is -2.39. The molecule has 1 amide bonds. The number of amides is 1. The van der Waals surface area contributed by atoms with E-state index < -0.39 is 0 Å². The number of nitrogens with one attached hydrogen (secondary N) is 2. The van der Waals surface area contributed by atoms with Gasteiger partial charge in [-0.2, -0.15) is 10.1 Å². The minimum atomic E-state index is -0.0174. The van der Waals surface area contributed by atoms with E-state index in [1.165, 1.54) is 38.2 Å². The number of carbonyl (C=O) groups is 1. The number of nitrogens with zero attached hydrogens (tertiary/aromatic N) is 5. The van der Waals surface area contributed by atoms with E-state index in [1.54, 1.807) is 6.20 Å². The van der Waals surface area contributed by atoms with Gasteiger partial charge in [-0.25, -0.2) is 4.98 Å². The van der Waals surface area contributed by atoms with E-state index >= 15 is 0 Å². The van der Waals surface area contributed by atoms with Crippen LogP contribution in [0.15, 0.2) is 31.2 Å². The Morgan fingerprint density at radius 1 is 1.20 bits per heavy atom. The standard InChI is InChI=1S/C22H31N7O/c1-3-20(30)28-11-7-10-19(15-28)29-14-18(13-24-29)26-22-23-12-16(2)21(27-22)25-17-8-5-4-6-9-17/h3,12-14,17,19H,1,4-11,15H2,2H3,(H2,23,25,26,27). The van der Waals surface area contributed by atoms with Gasteiger partial charge in [0, 0.05) is 37.1 Å². The molecular formula is C22H31N7O. The van der Waals surface area contributed by atoms with Gasteiger partial charge in [0.2, 0.25) is 11.9 Å². The van der Waals surface area contributed by atoms with E-state index in [0.29, 0.717) is 18.5 Å². The first-order valence-corrected chi connectivity index (χ1v) is 10.9. The Hall–Kier alpha value is -2.90. The highest BCUT2D eigenvalue weighted by molar-refractivity contribution is 5.87. The second kappa shape index (κ2) is 9.28. The summed E-state index contributed by atoms with van der Waals surface area (Å²) in [5.74, 6) is 1.44. The number of aryl methyl sites for hydroxylation is 1. The van der Waals surface area contributed by atoms with Crippen molar-refractivity contribution in [2.75, 3.05) is 23.7 Å². The third-order valence-electron chi connectivity index (χ3n) is 6.03. The molecule has 1 unspecified atom stereocenters. The first-order chi connectivity index (χ1) is 14.6. The molecule has 0 spiro atoms. The van der Waals surface area contributed by atoms with Gasteiger partial charge in [-0.3, -0.25) is 9.48 Å². The monoisotopic (exact) mass is 409 g/mol. The number of anilines is 3. The van der Waals surface area contributed by atoms with Crippen LogP contribution in [0.5, 0.6) is 0 Å². The Morgan fingerprint density at radius 2 is 2.03 bits per heavy atom. The predicted molar refractivity (Wildman–Crippen MR) is 118 cm³/mol. The van der Waals surface area contributed by atoms with Gasteiger partial charge in [0.05, 0.1) is 17.9 Å². The molecule has 1 saturated heterocycles. The summed E-state index contributed by atoms with van der Waals surface area (Å²) in [7, 11) is 0. The Balaban J connectivity index is 1.41. The van der Waals surface area contributed by atoms with Crippen molar-refractivity contribution in [2.45, 2.75) is 64.0 Å². The first kappa shape index (κ1) is 20.4. The van der Waals surface area contributed by atoms with Crippen LogP contribution in [-0.4, -0.2) is 49.7 Å². The molecular weight excluding hydrogens is 378 g/mol. The van der Waals surface area contributed by atoms with Crippen molar-refractivity contribution in [1.29, 1.82) is 0 Å². The molecule has 4 rings (SSSR count). The number of likely N-dealkylation sites (tertiary alicyclic amines) is 1. The van der Waals surface area contributed by atoms with Crippen molar-refractivity contribution in [3.8, 4) is 0 Å². The van der Waals surface area contributed by atoms with Crippen LogP contribution >= 0.6 is 0 Å². The van der Waals surface area contributed by atoms with Gasteiger partial charge in [0.25, 0.3) is 0 Å². The molecule has 1 saturated carbocycles. The minimum Gasteiger partial charge on any atom is -0.367 e. The molecule has 160 valence electrons. The number of hydrogen-bond donors (Lipinski definition) is 2. The zero-order valence-electron chi connectivity index (χ0n) is 17.7. The molecule has 2 N–H and O–H groups in total. The molecule has 0 bridgehead atoms. The van der Waals surface area contributed by atoms with Gasteiger partial charge in [-0.15, -0.1) is 0 Å². The van der Waals surface area contributed by atoms with Gasteiger partial charge in [-0.05, 0) is 38.7 Å². The summed E-state index contributed by atoms with van der Waals surface area (Å²) in [6, 6.07) is 0.663. The zero-order valence-corrected chi connectivity index (χ0v) is 17.7. The van der Waals surface area contributed by atoms with E-state index in [9.17, 15) is 4.79 Å². The van der Waals surface area contributed by atoms with Crippen LogP contribution in [0.4, 0.5) is 17.5 Å². The molecule has 1 atom stereocenters. The molecule has 2 aromatic heterocycles. The Morgan fingerprint density at radius 3 is 2.83 bits per heavy atom. The molecule has 0 radical (unpaired) electrons. The van der Waals surface area contributed by atoms with Crippen molar-refractivity contribution < 1.29 is 4.79 Å². The summed E-state index contributed by atoms with van der Waals surface area (Å²) in [4.78, 5) is 22.9. The van der Waals surface area contributed by atoms with Crippen LogP contribution in [0, 0.1) is 6.92 Å². The highest BCUT2D eigenvalue weighted by Gasteiger charge is 2.24. The SMILES string of the molecule is C=CC(=O)N1CCCC(n2cc(Nc3ncc(C)c(NC4CCCCC4)n3)cn2)C1. The van der Waals surface area contributed by atoms with Crippen molar-refractivity contribution in [3.05, 3.63) is 36.8 Å². The van der Waals surface area contributed by atoms with Crippen LogP contribution in [0.1, 0.15) is 56.6 Å². The minimum absolute atomic E-state index is 0.0174. The molecule has 8 heteroatoms. The largest absolute Gasteiger partial charge is 0.367 e. The number of piperidine rings is 1. The van der Waals surface area contributed by atoms with Crippen molar-refractivity contribution >= 4 is 23.4 Å². The van der Waals surface area contributed by atoms with Crippen LogP contribution in [0.25, 0.3) is 0 Å². The topological polar surface area (TPSA) is 88.0 Å². The molecule has 8 nitrogen and oxygen atoms in total. The number of rotatable bonds is 6. The quantitative estimate of drug-likeness (QED) is 0.705. The summed E-state index contributed by atoms with van der Waals surface area (Å²) >= 11 is 0. The first-order valence-electron chi connectivity index (χ1n) is 10.9. The lowest BCUT2D eigenvalue weighted by atomic mass is 9.95. The fraction of sp³-hybridized carbons (Fsp3) is 0.545. The molecule has 2 aromatic rings.